The van der Waals surface area contributed by atoms with Crippen LogP contribution in [0, 0.1) is 0 Å². The van der Waals surface area contributed by atoms with Gasteiger partial charge in [-0.2, -0.15) is 10.1 Å². The van der Waals surface area contributed by atoms with Gasteiger partial charge in [0, 0.05) is 31.9 Å². The molecule has 8 nitrogen and oxygen atoms in total. The molecular weight excluding hydrogens is 308 g/mol. The monoisotopic (exact) mass is 328 g/mol. The molecule has 0 saturated carbocycles. The molecule has 8 heteroatoms. The molecule has 1 aromatic carbocycles. The summed E-state index contributed by atoms with van der Waals surface area (Å²) in [5, 5.41) is 11.3. The third-order valence-corrected chi connectivity index (χ3v) is 3.91. The van der Waals surface area contributed by atoms with Crippen molar-refractivity contribution in [1.29, 1.82) is 0 Å². The molecule has 24 heavy (non-hydrogen) atoms. The largest absolute Gasteiger partial charge is 0.465 e. The molecule has 1 aliphatic heterocycles. The van der Waals surface area contributed by atoms with Crippen LogP contribution in [0.15, 0.2) is 30.5 Å². The molecule has 0 bridgehead atoms. The maximum absolute atomic E-state index is 11.4. The summed E-state index contributed by atoms with van der Waals surface area (Å²) in [5.41, 5.74) is 1.31. The predicted octanol–water partition coefficient (Wildman–Crippen LogP) is 1.15. The van der Waals surface area contributed by atoms with Crippen molar-refractivity contribution < 1.29 is 9.53 Å². The van der Waals surface area contributed by atoms with Gasteiger partial charge in [-0.1, -0.05) is 0 Å². The summed E-state index contributed by atoms with van der Waals surface area (Å²) in [6, 6.07) is 6.99. The maximum Gasteiger partial charge on any atom is 0.337 e. The van der Waals surface area contributed by atoms with Crippen LogP contribution in [-0.2, 0) is 4.74 Å². The van der Waals surface area contributed by atoms with Gasteiger partial charge in [-0.15, -0.1) is 5.10 Å². The normalized spacial score (nSPS) is 15.2. The van der Waals surface area contributed by atoms with E-state index in [0.717, 1.165) is 31.9 Å². The highest BCUT2D eigenvalue weighted by Gasteiger charge is 2.17. The van der Waals surface area contributed by atoms with E-state index in [-0.39, 0.29) is 5.97 Å². The summed E-state index contributed by atoms with van der Waals surface area (Å²) in [5.74, 6) is 0.881. The minimum Gasteiger partial charge on any atom is -0.465 e. The molecule has 0 spiro atoms. The number of nitrogens with one attached hydrogen (secondary N) is 1. The number of hydrogen-bond donors (Lipinski definition) is 1. The van der Waals surface area contributed by atoms with E-state index in [9.17, 15) is 4.79 Å². The topological polar surface area (TPSA) is 83.5 Å². The van der Waals surface area contributed by atoms with Crippen molar-refractivity contribution in [3.05, 3.63) is 36.0 Å². The minimum atomic E-state index is -0.359. The zero-order valence-corrected chi connectivity index (χ0v) is 13.8. The third-order valence-electron chi connectivity index (χ3n) is 3.91. The third kappa shape index (κ3) is 3.77. The molecule has 2 heterocycles. The van der Waals surface area contributed by atoms with Crippen LogP contribution in [0.3, 0.4) is 0 Å². The van der Waals surface area contributed by atoms with Crippen LogP contribution in [0.2, 0.25) is 0 Å². The molecule has 0 atom stereocenters. The fourth-order valence-corrected chi connectivity index (χ4v) is 2.45. The van der Waals surface area contributed by atoms with Crippen molar-refractivity contribution in [2.75, 3.05) is 50.6 Å². The zero-order chi connectivity index (χ0) is 16.9. The first-order valence-electron chi connectivity index (χ1n) is 7.74. The number of likely N-dealkylation sites (N-methyl/N-ethyl adjacent to an activating group) is 1. The Labute approximate surface area is 140 Å². The number of aromatic nitrogens is 3. The van der Waals surface area contributed by atoms with E-state index in [4.69, 9.17) is 0 Å². The summed E-state index contributed by atoms with van der Waals surface area (Å²) in [6.45, 7) is 3.73. The summed E-state index contributed by atoms with van der Waals surface area (Å²) in [7, 11) is 3.47. The van der Waals surface area contributed by atoms with E-state index in [1.54, 1.807) is 30.5 Å². The number of carbonyl (C=O) groups is 1. The van der Waals surface area contributed by atoms with E-state index < -0.39 is 0 Å². The van der Waals surface area contributed by atoms with Gasteiger partial charge in [0.15, 0.2) is 5.82 Å². The lowest BCUT2D eigenvalue weighted by Crippen LogP contribution is -2.45. The molecule has 1 saturated heterocycles. The standard InChI is InChI=1S/C16H20N6O2/c1-21-7-9-22(10-8-21)16-19-14(11-17-20-16)18-13-5-3-12(4-6-13)15(23)24-2/h3-6,11H,7-10H2,1-2H3,(H,18,19,20). The Morgan fingerprint density at radius 3 is 2.54 bits per heavy atom. The quantitative estimate of drug-likeness (QED) is 0.837. The van der Waals surface area contributed by atoms with E-state index in [0.29, 0.717) is 17.3 Å². The molecule has 1 aromatic heterocycles. The van der Waals surface area contributed by atoms with Gasteiger partial charge >= 0.3 is 5.97 Å². The number of rotatable bonds is 4. The minimum absolute atomic E-state index is 0.359. The van der Waals surface area contributed by atoms with Gasteiger partial charge in [-0.05, 0) is 31.3 Å². The van der Waals surface area contributed by atoms with Crippen molar-refractivity contribution in [2.24, 2.45) is 0 Å². The molecule has 0 aliphatic carbocycles. The summed E-state index contributed by atoms with van der Waals surface area (Å²) in [4.78, 5) is 20.4. The zero-order valence-electron chi connectivity index (χ0n) is 13.8. The van der Waals surface area contributed by atoms with Crippen LogP contribution in [0.5, 0.6) is 0 Å². The first kappa shape index (κ1) is 16.1. The fourth-order valence-electron chi connectivity index (χ4n) is 2.45. The average Bonchev–Trinajstić information content (AvgIpc) is 2.62. The number of carbonyl (C=O) groups excluding carboxylic acids is 1. The highest BCUT2D eigenvalue weighted by Crippen LogP contribution is 2.17. The van der Waals surface area contributed by atoms with Crippen LogP contribution in [-0.4, -0.2) is 66.4 Å². The lowest BCUT2D eigenvalue weighted by molar-refractivity contribution is 0.0601. The smallest absolute Gasteiger partial charge is 0.337 e. The molecule has 0 amide bonds. The molecule has 126 valence electrons. The van der Waals surface area contributed by atoms with E-state index >= 15 is 0 Å². The highest BCUT2D eigenvalue weighted by atomic mass is 16.5. The van der Waals surface area contributed by atoms with Gasteiger partial charge in [0.1, 0.15) is 0 Å². The molecule has 1 N–H and O–H groups in total. The Morgan fingerprint density at radius 1 is 1.17 bits per heavy atom. The Kier molecular flexibility index (Phi) is 4.85. The van der Waals surface area contributed by atoms with Crippen molar-refractivity contribution >= 4 is 23.4 Å². The number of piperazine rings is 1. The van der Waals surface area contributed by atoms with Crippen LogP contribution in [0.25, 0.3) is 0 Å². The van der Waals surface area contributed by atoms with Gasteiger partial charge in [0.2, 0.25) is 5.95 Å². The van der Waals surface area contributed by atoms with Crippen molar-refractivity contribution in [1.82, 2.24) is 20.1 Å². The van der Waals surface area contributed by atoms with Crippen LogP contribution in [0.1, 0.15) is 10.4 Å². The van der Waals surface area contributed by atoms with Gasteiger partial charge in [-0.25, -0.2) is 4.79 Å². The van der Waals surface area contributed by atoms with E-state index in [2.05, 4.69) is 42.1 Å². The van der Waals surface area contributed by atoms with Crippen molar-refractivity contribution in [3.63, 3.8) is 0 Å². The Hall–Kier alpha value is -2.74. The Bertz CT molecular complexity index is 698. The number of hydrogen-bond acceptors (Lipinski definition) is 8. The first-order chi connectivity index (χ1) is 11.7. The van der Waals surface area contributed by atoms with Crippen molar-refractivity contribution in [2.45, 2.75) is 0 Å². The predicted molar refractivity (Wildman–Crippen MR) is 90.6 cm³/mol. The number of esters is 1. The van der Waals surface area contributed by atoms with Crippen LogP contribution < -0.4 is 10.2 Å². The van der Waals surface area contributed by atoms with Gasteiger partial charge in [-0.3, -0.25) is 0 Å². The highest BCUT2D eigenvalue weighted by molar-refractivity contribution is 5.89. The molecule has 1 aliphatic rings. The molecule has 2 aromatic rings. The first-order valence-corrected chi connectivity index (χ1v) is 7.74. The van der Waals surface area contributed by atoms with E-state index in [1.807, 2.05) is 0 Å². The van der Waals surface area contributed by atoms with Gasteiger partial charge in [0.05, 0.1) is 18.9 Å². The lowest BCUT2D eigenvalue weighted by Gasteiger charge is -2.32. The van der Waals surface area contributed by atoms with Gasteiger partial charge < -0.3 is 19.9 Å². The lowest BCUT2D eigenvalue weighted by atomic mass is 10.2. The molecule has 1 fully saturated rings. The fraction of sp³-hybridized carbons (Fsp3) is 0.375. The number of methoxy groups -OCH3 is 1. The second-order valence-corrected chi connectivity index (χ2v) is 5.63. The molecule has 0 unspecified atom stereocenters. The molecular formula is C16H20N6O2. The van der Waals surface area contributed by atoms with Crippen LogP contribution in [0.4, 0.5) is 17.5 Å². The van der Waals surface area contributed by atoms with Crippen LogP contribution >= 0.6 is 0 Å². The molecule has 3 rings (SSSR count). The number of benzene rings is 1. The Balaban J connectivity index is 1.69. The summed E-state index contributed by atoms with van der Waals surface area (Å²) >= 11 is 0. The summed E-state index contributed by atoms with van der Waals surface area (Å²) < 4.78 is 4.69. The van der Waals surface area contributed by atoms with E-state index in [1.165, 1.54) is 7.11 Å². The Morgan fingerprint density at radius 2 is 1.88 bits per heavy atom. The van der Waals surface area contributed by atoms with Gasteiger partial charge in [0.25, 0.3) is 0 Å². The second-order valence-electron chi connectivity index (χ2n) is 5.63. The van der Waals surface area contributed by atoms with Crippen molar-refractivity contribution in [3.8, 4) is 0 Å². The molecule has 0 radical (unpaired) electrons. The SMILES string of the molecule is COC(=O)c1ccc(Nc2cnnc(N3CCN(C)CC3)n2)cc1. The maximum atomic E-state index is 11.4. The number of nitrogens with zero attached hydrogens (tertiary/aromatic N) is 5. The summed E-state index contributed by atoms with van der Waals surface area (Å²) in [6.07, 6.45) is 1.58. The number of anilines is 3. The second kappa shape index (κ2) is 7.22. The number of ether oxygens (including phenoxy) is 1. The average molecular weight is 328 g/mol.